The maximum Gasteiger partial charge on any atom is 0.243 e. The number of rotatable bonds is 12. The number of carbonyl (C=O) groups excluding carboxylic acids is 2. The zero-order valence-electron chi connectivity index (χ0n) is 19.3. The summed E-state index contributed by atoms with van der Waals surface area (Å²) in [5.41, 5.74) is 0.813. The molecular formula is C25H33ClN2O4. The number of ether oxygens (including phenoxy) is 2. The Balaban J connectivity index is 2.04. The van der Waals surface area contributed by atoms with Gasteiger partial charge in [-0.25, -0.2) is 0 Å². The highest BCUT2D eigenvalue weighted by molar-refractivity contribution is 6.31. The summed E-state index contributed by atoms with van der Waals surface area (Å²) in [4.78, 5) is 27.6. The molecular weight excluding hydrogens is 428 g/mol. The van der Waals surface area contributed by atoms with E-state index in [0.29, 0.717) is 30.2 Å². The van der Waals surface area contributed by atoms with Crippen LogP contribution in [0.15, 0.2) is 48.5 Å². The molecule has 2 aromatic rings. The Bertz CT molecular complexity index is 871. The SMILES string of the molecule is CCC(C(=O)NC(C)C)N(Cc1ccccc1Cl)C(=O)CCCOc1ccc(OC)cc1. The van der Waals surface area contributed by atoms with Crippen LogP contribution in [0.5, 0.6) is 11.5 Å². The number of methoxy groups -OCH3 is 1. The van der Waals surface area contributed by atoms with Crippen molar-refractivity contribution >= 4 is 23.4 Å². The van der Waals surface area contributed by atoms with Crippen molar-refractivity contribution in [1.29, 1.82) is 0 Å². The van der Waals surface area contributed by atoms with Crippen LogP contribution in [0, 0.1) is 0 Å². The third-order valence-corrected chi connectivity index (χ3v) is 5.35. The first-order valence-corrected chi connectivity index (χ1v) is 11.3. The quantitative estimate of drug-likeness (QED) is 0.460. The molecule has 174 valence electrons. The number of amides is 2. The average Bonchev–Trinajstić information content (AvgIpc) is 2.77. The fourth-order valence-electron chi connectivity index (χ4n) is 3.34. The fourth-order valence-corrected chi connectivity index (χ4v) is 3.53. The van der Waals surface area contributed by atoms with Crippen molar-refractivity contribution in [3.05, 3.63) is 59.1 Å². The van der Waals surface area contributed by atoms with Crippen molar-refractivity contribution in [1.82, 2.24) is 10.2 Å². The van der Waals surface area contributed by atoms with Crippen molar-refractivity contribution in [3.63, 3.8) is 0 Å². The molecule has 2 aromatic carbocycles. The van der Waals surface area contributed by atoms with E-state index < -0.39 is 6.04 Å². The number of benzene rings is 2. The lowest BCUT2D eigenvalue weighted by molar-refractivity contribution is -0.141. The minimum Gasteiger partial charge on any atom is -0.497 e. The molecule has 0 spiro atoms. The van der Waals surface area contributed by atoms with Gasteiger partial charge in [0.2, 0.25) is 11.8 Å². The van der Waals surface area contributed by atoms with Gasteiger partial charge in [-0.15, -0.1) is 0 Å². The van der Waals surface area contributed by atoms with Gasteiger partial charge in [-0.05, 0) is 62.6 Å². The molecule has 0 aromatic heterocycles. The molecule has 0 aliphatic rings. The Kier molecular flexibility index (Phi) is 10.3. The minimum absolute atomic E-state index is 0.00767. The fraction of sp³-hybridized carbons (Fsp3) is 0.440. The van der Waals surface area contributed by atoms with E-state index in [-0.39, 0.29) is 30.8 Å². The van der Waals surface area contributed by atoms with Crippen LogP contribution in [0.25, 0.3) is 0 Å². The van der Waals surface area contributed by atoms with E-state index in [1.165, 1.54) is 0 Å². The van der Waals surface area contributed by atoms with Crippen molar-refractivity contribution in [3.8, 4) is 11.5 Å². The first-order valence-electron chi connectivity index (χ1n) is 11.0. The first kappa shape index (κ1) is 25.5. The van der Waals surface area contributed by atoms with E-state index in [9.17, 15) is 9.59 Å². The normalized spacial score (nSPS) is 11.7. The summed E-state index contributed by atoms with van der Waals surface area (Å²) in [7, 11) is 1.61. The number of nitrogens with one attached hydrogen (secondary N) is 1. The smallest absolute Gasteiger partial charge is 0.243 e. The Morgan fingerprint density at radius 1 is 1.06 bits per heavy atom. The lowest BCUT2D eigenvalue weighted by Crippen LogP contribution is -2.50. The minimum atomic E-state index is -0.566. The Morgan fingerprint density at radius 3 is 2.31 bits per heavy atom. The molecule has 1 N–H and O–H groups in total. The van der Waals surface area contributed by atoms with Crippen LogP contribution < -0.4 is 14.8 Å². The Labute approximate surface area is 195 Å². The summed E-state index contributed by atoms with van der Waals surface area (Å²) >= 11 is 6.33. The van der Waals surface area contributed by atoms with Gasteiger partial charge in [0.1, 0.15) is 17.5 Å². The summed E-state index contributed by atoms with van der Waals surface area (Å²) in [6.45, 7) is 6.39. The van der Waals surface area contributed by atoms with E-state index in [4.69, 9.17) is 21.1 Å². The Morgan fingerprint density at radius 2 is 1.72 bits per heavy atom. The molecule has 0 radical (unpaired) electrons. The summed E-state index contributed by atoms with van der Waals surface area (Å²) in [5, 5.41) is 3.50. The molecule has 0 aliphatic heterocycles. The molecule has 6 nitrogen and oxygen atoms in total. The molecule has 0 aliphatic carbocycles. The van der Waals surface area contributed by atoms with E-state index in [1.54, 1.807) is 18.1 Å². The molecule has 0 fully saturated rings. The predicted octanol–water partition coefficient (Wildman–Crippen LogP) is 4.84. The number of carbonyl (C=O) groups is 2. The highest BCUT2D eigenvalue weighted by Gasteiger charge is 2.29. The van der Waals surface area contributed by atoms with Crippen molar-refractivity contribution < 1.29 is 19.1 Å². The monoisotopic (exact) mass is 460 g/mol. The summed E-state index contributed by atoms with van der Waals surface area (Å²) in [6, 6.07) is 14.1. The van der Waals surface area contributed by atoms with E-state index in [1.807, 2.05) is 63.2 Å². The van der Waals surface area contributed by atoms with E-state index in [0.717, 1.165) is 11.3 Å². The van der Waals surface area contributed by atoms with Crippen LogP contribution in [0.1, 0.15) is 45.6 Å². The molecule has 1 unspecified atom stereocenters. The Hall–Kier alpha value is -2.73. The second-order valence-corrected chi connectivity index (χ2v) is 8.24. The second kappa shape index (κ2) is 13.0. The van der Waals surface area contributed by atoms with Crippen molar-refractivity contribution in [2.75, 3.05) is 13.7 Å². The zero-order valence-corrected chi connectivity index (χ0v) is 20.0. The molecule has 1 atom stereocenters. The molecule has 7 heteroatoms. The van der Waals surface area contributed by atoms with Crippen LogP contribution in [-0.2, 0) is 16.1 Å². The topological polar surface area (TPSA) is 67.9 Å². The van der Waals surface area contributed by atoms with Crippen LogP contribution in [0.3, 0.4) is 0 Å². The average molecular weight is 461 g/mol. The highest BCUT2D eigenvalue weighted by atomic mass is 35.5. The first-order chi connectivity index (χ1) is 15.3. The summed E-state index contributed by atoms with van der Waals surface area (Å²) in [6.07, 6.45) is 1.31. The predicted molar refractivity (Wildman–Crippen MR) is 127 cm³/mol. The van der Waals surface area contributed by atoms with Crippen LogP contribution >= 0.6 is 11.6 Å². The number of nitrogens with zero attached hydrogens (tertiary/aromatic N) is 1. The molecule has 2 amide bonds. The maximum absolute atomic E-state index is 13.2. The van der Waals surface area contributed by atoms with Gasteiger partial charge in [-0.2, -0.15) is 0 Å². The maximum atomic E-state index is 13.2. The zero-order chi connectivity index (χ0) is 23.5. The number of hydrogen-bond acceptors (Lipinski definition) is 4. The van der Waals surface area contributed by atoms with Gasteiger partial charge in [0.05, 0.1) is 13.7 Å². The molecule has 32 heavy (non-hydrogen) atoms. The standard InChI is InChI=1S/C25H33ClN2O4/c1-5-23(25(30)27-18(2)3)28(17-19-9-6-7-10-22(19)26)24(29)11-8-16-32-21-14-12-20(31-4)13-15-21/h6-7,9-10,12-15,18,23H,5,8,11,16-17H2,1-4H3,(H,27,30). The third-order valence-electron chi connectivity index (χ3n) is 4.98. The molecule has 0 saturated heterocycles. The van der Waals surface area contributed by atoms with Gasteiger partial charge in [-0.1, -0.05) is 36.7 Å². The van der Waals surface area contributed by atoms with Crippen molar-refractivity contribution in [2.24, 2.45) is 0 Å². The second-order valence-electron chi connectivity index (χ2n) is 7.83. The molecule has 0 saturated carbocycles. The number of hydrogen-bond donors (Lipinski definition) is 1. The van der Waals surface area contributed by atoms with Crippen molar-refractivity contribution in [2.45, 2.75) is 58.7 Å². The molecule has 0 bridgehead atoms. The molecule has 2 rings (SSSR count). The third kappa shape index (κ3) is 7.75. The van der Waals surface area contributed by atoms with Gasteiger partial charge in [0.25, 0.3) is 0 Å². The number of halogens is 1. The lowest BCUT2D eigenvalue weighted by Gasteiger charge is -2.31. The van der Waals surface area contributed by atoms with E-state index >= 15 is 0 Å². The van der Waals surface area contributed by atoms with Gasteiger partial charge in [0.15, 0.2) is 0 Å². The van der Waals surface area contributed by atoms with Crippen LogP contribution in [0.4, 0.5) is 0 Å². The van der Waals surface area contributed by atoms with Gasteiger partial charge >= 0.3 is 0 Å². The summed E-state index contributed by atoms with van der Waals surface area (Å²) < 4.78 is 10.9. The van der Waals surface area contributed by atoms with Crippen LogP contribution in [0.2, 0.25) is 5.02 Å². The highest BCUT2D eigenvalue weighted by Crippen LogP contribution is 2.21. The van der Waals surface area contributed by atoms with E-state index in [2.05, 4.69) is 5.32 Å². The molecule has 0 heterocycles. The van der Waals surface area contributed by atoms with Gasteiger partial charge in [0, 0.05) is 24.0 Å². The van der Waals surface area contributed by atoms with Gasteiger partial charge < -0.3 is 19.7 Å². The van der Waals surface area contributed by atoms with Gasteiger partial charge in [-0.3, -0.25) is 9.59 Å². The largest absolute Gasteiger partial charge is 0.497 e. The lowest BCUT2D eigenvalue weighted by atomic mass is 10.1. The van der Waals surface area contributed by atoms with Crippen LogP contribution in [-0.4, -0.2) is 42.5 Å². The summed E-state index contributed by atoms with van der Waals surface area (Å²) in [5.74, 6) is 1.22.